The maximum absolute atomic E-state index is 11.7. The van der Waals surface area contributed by atoms with Crippen LogP contribution in [0.3, 0.4) is 0 Å². The van der Waals surface area contributed by atoms with E-state index in [0.29, 0.717) is 12.1 Å². The molecule has 2 aromatic carbocycles. The number of aryl methyl sites for hydroxylation is 1. The van der Waals surface area contributed by atoms with E-state index in [1.807, 2.05) is 6.07 Å². The standard InChI is InChI=1S/C22H27N3O3/c1-4-21(26)23-19-9-8-17(14-18(19)22(27)28)24-10-12-25(13-11-24)20-7-5-6-15(2)16(20)3/h5-9,14H,4,10-13H2,1-3H3,(H,23,26)(H,27,28). The Bertz CT molecular complexity index is 887. The fraction of sp³-hybridized carbons (Fsp3) is 0.364. The summed E-state index contributed by atoms with van der Waals surface area (Å²) in [4.78, 5) is 27.9. The molecule has 2 N–H and O–H groups in total. The second-order valence-electron chi connectivity index (χ2n) is 7.13. The van der Waals surface area contributed by atoms with Crippen molar-refractivity contribution in [3.63, 3.8) is 0 Å². The minimum Gasteiger partial charge on any atom is -0.478 e. The van der Waals surface area contributed by atoms with Crippen molar-refractivity contribution >= 4 is 28.9 Å². The Morgan fingerprint density at radius 3 is 2.36 bits per heavy atom. The first-order chi connectivity index (χ1) is 13.4. The number of nitrogens with one attached hydrogen (secondary N) is 1. The van der Waals surface area contributed by atoms with Crippen LogP contribution in [0, 0.1) is 13.8 Å². The predicted molar refractivity (Wildman–Crippen MR) is 113 cm³/mol. The van der Waals surface area contributed by atoms with Gasteiger partial charge in [0.2, 0.25) is 5.91 Å². The number of nitrogens with zero attached hydrogens (tertiary/aromatic N) is 2. The number of aromatic carboxylic acids is 1. The molecule has 0 atom stereocenters. The van der Waals surface area contributed by atoms with Crippen molar-refractivity contribution in [2.24, 2.45) is 0 Å². The van der Waals surface area contributed by atoms with E-state index in [9.17, 15) is 14.7 Å². The number of amides is 1. The number of rotatable bonds is 5. The molecule has 0 saturated carbocycles. The summed E-state index contributed by atoms with van der Waals surface area (Å²) >= 11 is 0. The van der Waals surface area contributed by atoms with Gasteiger partial charge in [0.05, 0.1) is 11.3 Å². The summed E-state index contributed by atoms with van der Waals surface area (Å²) in [5, 5.41) is 12.2. The van der Waals surface area contributed by atoms with E-state index >= 15 is 0 Å². The highest BCUT2D eigenvalue weighted by Gasteiger charge is 2.21. The molecule has 3 rings (SSSR count). The molecule has 1 aliphatic rings. The zero-order valence-corrected chi connectivity index (χ0v) is 16.7. The zero-order chi connectivity index (χ0) is 20.3. The Hall–Kier alpha value is -3.02. The van der Waals surface area contributed by atoms with Gasteiger partial charge in [0.1, 0.15) is 0 Å². The Balaban J connectivity index is 1.75. The van der Waals surface area contributed by atoms with Crippen LogP contribution in [0.1, 0.15) is 34.8 Å². The molecule has 148 valence electrons. The van der Waals surface area contributed by atoms with Gasteiger partial charge in [-0.3, -0.25) is 4.79 Å². The molecule has 1 amide bonds. The molecule has 0 radical (unpaired) electrons. The summed E-state index contributed by atoms with van der Waals surface area (Å²) < 4.78 is 0. The largest absolute Gasteiger partial charge is 0.478 e. The SMILES string of the molecule is CCC(=O)Nc1ccc(N2CCN(c3cccc(C)c3C)CC2)cc1C(=O)O. The third-order valence-corrected chi connectivity index (χ3v) is 5.39. The van der Waals surface area contributed by atoms with Gasteiger partial charge in [-0.05, 0) is 49.2 Å². The fourth-order valence-electron chi connectivity index (χ4n) is 3.54. The highest BCUT2D eigenvalue weighted by Crippen LogP contribution is 2.27. The van der Waals surface area contributed by atoms with E-state index < -0.39 is 5.97 Å². The molecule has 1 aliphatic heterocycles. The van der Waals surface area contributed by atoms with Gasteiger partial charge in [-0.25, -0.2) is 4.79 Å². The van der Waals surface area contributed by atoms with E-state index in [2.05, 4.69) is 47.2 Å². The lowest BCUT2D eigenvalue weighted by atomic mass is 10.1. The molecule has 1 heterocycles. The molecule has 2 aromatic rings. The first-order valence-corrected chi connectivity index (χ1v) is 9.64. The van der Waals surface area contributed by atoms with E-state index in [1.54, 1.807) is 19.1 Å². The highest BCUT2D eigenvalue weighted by atomic mass is 16.4. The molecule has 6 nitrogen and oxygen atoms in total. The maximum atomic E-state index is 11.7. The Kier molecular flexibility index (Phi) is 5.87. The summed E-state index contributed by atoms with van der Waals surface area (Å²) in [6, 6.07) is 11.6. The topological polar surface area (TPSA) is 72.9 Å². The molecule has 1 fully saturated rings. The van der Waals surface area contributed by atoms with Gasteiger partial charge in [-0.1, -0.05) is 19.1 Å². The van der Waals surface area contributed by atoms with Gasteiger partial charge >= 0.3 is 5.97 Å². The molecule has 0 bridgehead atoms. The quantitative estimate of drug-likeness (QED) is 0.827. The molecular weight excluding hydrogens is 354 g/mol. The first kappa shape index (κ1) is 19.7. The Labute approximate surface area is 165 Å². The van der Waals surface area contributed by atoms with Gasteiger partial charge in [0, 0.05) is 44.0 Å². The van der Waals surface area contributed by atoms with Gasteiger partial charge < -0.3 is 20.2 Å². The van der Waals surface area contributed by atoms with Gasteiger partial charge in [0.25, 0.3) is 0 Å². The van der Waals surface area contributed by atoms with Crippen LogP contribution in [0.15, 0.2) is 36.4 Å². The monoisotopic (exact) mass is 381 g/mol. The fourth-order valence-corrected chi connectivity index (χ4v) is 3.54. The number of anilines is 3. The molecular formula is C22H27N3O3. The number of hydrogen-bond donors (Lipinski definition) is 2. The average molecular weight is 381 g/mol. The second-order valence-corrected chi connectivity index (χ2v) is 7.13. The third-order valence-electron chi connectivity index (χ3n) is 5.39. The van der Waals surface area contributed by atoms with Crippen LogP contribution in [-0.2, 0) is 4.79 Å². The molecule has 0 aliphatic carbocycles. The van der Waals surface area contributed by atoms with Crippen molar-refractivity contribution < 1.29 is 14.7 Å². The minimum absolute atomic E-state index is 0.122. The lowest BCUT2D eigenvalue weighted by Gasteiger charge is -2.38. The molecule has 0 spiro atoms. The number of carbonyl (C=O) groups is 2. The number of carbonyl (C=O) groups excluding carboxylic acids is 1. The number of carboxylic acids is 1. The second kappa shape index (κ2) is 8.33. The summed E-state index contributed by atoms with van der Waals surface area (Å²) in [5.41, 5.74) is 5.19. The normalized spacial score (nSPS) is 14.1. The summed E-state index contributed by atoms with van der Waals surface area (Å²) in [6.45, 7) is 9.39. The van der Waals surface area contributed by atoms with E-state index in [-0.39, 0.29) is 11.5 Å². The van der Waals surface area contributed by atoms with Crippen molar-refractivity contribution in [3.05, 3.63) is 53.1 Å². The molecule has 1 saturated heterocycles. The van der Waals surface area contributed by atoms with Crippen LogP contribution < -0.4 is 15.1 Å². The highest BCUT2D eigenvalue weighted by molar-refractivity contribution is 6.01. The first-order valence-electron chi connectivity index (χ1n) is 9.64. The van der Waals surface area contributed by atoms with E-state index in [0.717, 1.165) is 31.9 Å². The average Bonchev–Trinajstić information content (AvgIpc) is 2.70. The molecule has 0 unspecified atom stereocenters. The predicted octanol–water partition coefficient (Wildman–Crippen LogP) is 3.68. The number of benzene rings is 2. The zero-order valence-electron chi connectivity index (χ0n) is 16.7. The minimum atomic E-state index is -1.04. The van der Waals surface area contributed by atoms with Gasteiger partial charge in [-0.15, -0.1) is 0 Å². The van der Waals surface area contributed by atoms with Crippen LogP contribution >= 0.6 is 0 Å². The van der Waals surface area contributed by atoms with Crippen LogP contribution in [0.4, 0.5) is 17.1 Å². The third kappa shape index (κ3) is 4.11. The summed E-state index contributed by atoms with van der Waals surface area (Å²) in [5.74, 6) is -1.24. The van der Waals surface area contributed by atoms with Crippen LogP contribution in [-0.4, -0.2) is 43.2 Å². The lowest BCUT2D eigenvalue weighted by molar-refractivity contribution is -0.115. The Morgan fingerprint density at radius 2 is 1.71 bits per heavy atom. The Morgan fingerprint density at radius 1 is 1.04 bits per heavy atom. The lowest BCUT2D eigenvalue weighted by Crippen LogP contribution is -2.46. The van der Waals surface area contributed by atoms with Crippen molar-refractivity contribution in [1.82, 2.24) is 0 Å². The number of piperazine rings is 1. The van der Waals surface area contributed by atoms with Crippen molar-refractivity contribution in [1.29, 1.82) is 0 Å². The van der Waals surface area contributed by atoms with Crippen LogP contribution in [0.5, 0.6) is 0 Å². The van der Waals surface area contributed by atoms with Crippen LogP contribution in [0.2, 0.25) is 0 Å². The van der Waals surface area contributed by atoms with Gasteiger partial charge in [-0.2, -0.15) is 0 Å². The number of carboxylic acid groups (broad SMARTS) is 1. The molecule has 6 heteroatoms. The van der Waals surface area contributed by atoms with Crippen molar-refractivity contribution in [2.45, 2.75) is 27.2 Å². The van der Waals surface area contributed by atoms with E-state index in [4.69, 9.17) is 0 Å². The van der Waals surface area contributed by atoms with Crippen LogP contribution in [0.25, 0.3) is 0 Å². The summed E-state index contributed by atoms with van der Waals surface area (Å²) in [6.07, 6.45) is 0.307. The maximum Gasteiger partial charge on any atom is 0.337 e. The smallest absolute Gasteiger partial charge is 0.337 e. The summed E-state index contributed by atoms with van der Waals surface area (Å²) in [7, 11) is 0. The van der Waals surface area contributed by atoms with Crippen molar-refractivity contribution in [3.8, 4) is 0 Å². The number of hydrogen-bond acceptors (Lipinski definition) is 4. The molecule has 0 aromatic heterocycles. The van der Waals surface area contributed by atoms with E-state index in [1.165, 1.54) is 16.8 Å². The molecule has 28 heavy (non-hydrogen) atoms. The van der Waals surface area contributed by atoms with Crippen molar-refractivity contribution in [2.75, 3.05) is 41.3 Å². The van der Waals surface area contributed by atoms with Gasteiger partial charge in [0.15, 0.2) is 0 Å².